The number of sulfone groups is 1. The summed E-state index contributed by atoms with van der Waals surface area (Å²) in [5.74, 6) is -0.721. The Balaban J connectivity index is 1.94. The molecular weight excluding hydrogens is 447 g/mol. The van der Waals surface area contributed by atoms with Gasteiger partial charge in [-0.2, -0.15) is 0 Å². The van der Waals surface area contributed by atoms with Crippen molar-refractivity contribution in [2.24, 2.45) is 5.41 Å². The summed E-state index contributed by atoms with van der Waals surface area (Å²) in [5, 5.41) is 13.8. The van der Waals surface area contributed by atoms with Crippen LogP contribution in [0.2, 0.25) is 10.0 Å². The van der Waals surface area contributed by atoms with E-state index in [-0.39, 0.29) is 37.8 Å². The Hall–Kier alpha value is -2.09. The molecule has 2 N–H and O–H groups in total. The van der Waals surface area contributed by atoms with Crippen molar-refractivity contribution in [2.45, 2.75) is 38.4 Å². The first-order valence-electron chi connectivity index (χ1n) is 9.35. The summed E-state index contributed by atoms with van der Waals surface area (Å²) in [6.07, 6.45) is 2.99. The summed E-state index contributed by atoms with van der Waals surface area (Å²) < 4.78 is 25.7. The number of pyridine rings is 1. The third-order valence-corrected chi connectivity index (χ3v) is 9.18. The van der Waals surface area contributed by atoms with Crippen LogP contribution in [0, 0.1) is 5.41 Å². The molecule has 1 aromatic heterocycles. The third-order valence-electron chi connectivity index (χ3n) is 5.96. The second-order valence-corrected chi connectivity index (χ2v) is 11.6. The Morgan fingerprint density at radius 3 is 2.47 bits per heavy atom. The van der Waals surface area contributed by atoms with Crippen molar-refractivity contribution in [2.75, 3.05) is 5.32 Å². The molecular formula is C21H20Cl2N2O4S. The third kappa shape index (κ3) is 2.94. The first-order chi connectivity index (χ1) is 13.9. The first-order valence-corrected chi connectivity index (χ1v) is 11.6. The van der Waals surface area contributed by atoms with Crippen molar-refractivity contribution in [3.05, 3.63) is 57.3 Å². The maximum Gasteiger partial charge on any atom is 0.230 e. The van der Waals surface area contributed by atoms with Crippen LogP contribution in [0.3, 0.4) is 0 Å². The molecule has 1 aliphatic heterocycles. The molecule has 9 heteroatoms. The maximum absolute atomic E-state index is 13.5. The van der Waals surface area contributed by atoms with Crippen LogP contribution in [0.15, 0.2) is 30.5 Å². The molecule has 1 aromatic carbocycles. The van der Waals surface area contributed by atoms with Crippen LogP contribution in [0.1, 0.15) is 50.4 Å². The minimum atomic E-state index is -4.06. The number of nitrogens with one attached hydrogen (secondary N) is 1. The molecule has 6 nitrogen and oxygen atoms in total. The molecule has 2 heterocycles. The highest BCUT2D eigenvalue weighted by atomic mass is 35.5. The van der Waals surface area contributed by atoms with Crippen molar-refractivity contribution >= 4 is 55.3 Å². The summed E-state index contributed by atoms with van der Waals surface area (Å²) in [6.45, 7) is 4.94. The number of amides is 1. The molecule has 1 aliphatic carbocycles. The molecule has 2 aliphatic rings. The summed E-state index contributed by atoms with van der Waals surface area (Å²) in [5.41, 5.74) is 0.264. The van der Waals surface area contributed by atoms with E-state index in [2.05, 4.69) is 10.3 Å². The Bertz CT molecular complexity index is 1230. The zero-order valence-electron chi connectivity index (χ0n) is 16.6. The van der Waals surface area contributed by atoms with E-state index in [4.69, 9.17) is 23.2 Å². The van der Waals surface area contributed by atoms with Gasteiger partial charge in [-0.3, -0.25) is 9.78 Å². The molecule has 30 heavy (non-hydrogen) atoms. The summed E-state index contributed by atoms with van der Waals surface area (Å²) in [4.78, 5) is 16.4. The summed E-state index contributed by atoms with van der Waals surface area (Å²) >= 11 is 12.8. The molecule has 0 atom stereocenters. The first kappa shape index (κ1) is 21.2. The van der Waals surface area contributed by atoms with E-state index in [1.54, 1.807) is 26.0 Å². The highest BCUT2D eigenvalue weighted by molar-refractivity contribution is 8.01. The van der Waals surface area contributed by atoms with E-state index in [1.165, 1.54) is 18.3 Å². The van der Waals surface area contributed by atoms with Gasteiger partial charge in [-0.25, -0.2) is 8.42 Å². The Labute approximate surface area is 184 Å². The van der Waals surface area contributed by atoms with E-state index in [9.17, 15) is 18.3 Å². The van der Waals surface area contributed by atoms with Gasteiger partial charge in [-0.1, -0.05) is 42.3 Å². The number of anilines is 1. The van der Waals surface area contributed by atoms with Gasteiger partial charge in [0.1, 0.15) is 10.6 Å². The molecule has 158 valence electrons. The van der Waals surface area contributed by atoms with E-state index in [0.29, 0.717) is 5.56 Å². The lowest BCUT2D eigenvalue weighted by Crippen LogP contribution is -2.35. The summed E-state index contributed by atoms with van der Waals surface area (Å²) in [6, 6.07) is 6.12. The quantitative estimate of drug-likeness (QED) is 0.649. The van der Waals surface area contributed by atoms with Crippen LogP contribution in [-0.4, -0.2) is 24.4 Å². The number of aliphatic hydroxyl groups is 1. The van der Waals surface area contributed by atoms with E-state index < -0.39 is 25.8 Å². The Kier molecular flexibility index (Phi) is 4.73. The second-order valence-electron chi connectivity index (χ2n) is 8.39. The van der Waals surface area contributed by atoms with Crippen LogP contribution in [-0.2, 0) is 19.4 Å². The number of halogens is 2. The lowest BCUT2D eigenvalue weighted by Gasteiger charge is -2.33. The van der Waals surface area contributed by atoms with Crippen molar-refractivity contribution < 1.29 is 18.3 Å². The monoisotopic (exact) mass is 466 g/mol. The number of carbonyl (C=O) groups is 1. The van der Waals surface area contributed by atoms with Gasteiger partial charge in [0.05, 0.1) is 20.5 Å². The Morgan fingerprint density at radius 1 is 1.17 bits per heavy atom. The lowest BCUT2D eigenvalue weighted by atomic mass is 9.98. The van der Waals surface area contributed by atoms with Crippen LogP contribution in [0.25, 0.3) is 10.7 Å². The maximum atomic E-state index is 13.5. The number of fused-ring (bicyclic) bond motifs is 1. The molecule has 1 saturated carbocycles. The number of hydrogen-bond donors (Lipinski definition) is 2. The largest absolute Gasteiger partial charge is 0.504 e. The molecule has 0 unspecified atom stereocenters. The van der Waals surface area contributed by atoms with Crippen LogP contribution in [0.5, 0.6) is 0 Å². The zero-order valence-corrected chi connectivity index (χ0v) is 18.9. The predicted molar refractivity (Wildman–Crippen MR) is 118 cm³/mol. The second kappa shape index (κ2) is 6.70. The van der Waals surface area contributed by atoms with Gasteiger partial charge < -0.3 is 10.4 Å². The minimum absolute atomic E-state index is 0.0548. The van der Waals surface area contributed by atoms with Gasteiger partial charge in [-0.15, -0.1) is 0 Å². The average molecular weight is 467 g/mol. The number of hydrogen-bond acceptors (Lipinski definition) is 5. The number of benzene rings is 1. The van der Waals surface area contributed by atoms with Crippen molar-refractivity contribution in [1.82, 2.24) is 4.98 Å². The fourth-order valence-electron chi connectivity index (χ4n) is 3.51. The van der Waals surface area contributed by atoms with E-state index in [1.807, 2.05) is 6.92 Å². The number of aromatic nitrogens is 1. The molecule has 0 saturated heterocycles. The number of carbonyl (C=O) groups excluding carboxylic acids is 1. The van der Waals surface area contributed by atoms with Crippen LogP contribution < -0.4 is 5.32 Å². The van der Waals surface area contributed by atoms with Crippen LogP contribution >= 0.6 is 23.2 Å². The average Bonchev–Trinajstić information content (AvgIpc) is 3.44. The lowest BCUT2D eigenvalue weighted by molar-refractivity contribution is -0.120. The van der Waals surface area contributed by atoms with Gasteiger partial charge in [0, 0.05) is 22.7 Å². The highest BCUT2D eigenvalue weighted by Crippen LogP contribution is 2.51. The van der Waals surface area contributed by atoms with E-state index in [0.717, 1.165) is 12.8 Å². The van der Waals surface area contributed by atoms with Crippen molar-refractivity contribution in [1.29, 1.82) is 0 Å². The SMILES string of the molecule is CC1(C(=O)Nc2c(Cl)ccc(C3=C(O)c4ncccc4C(C)(C)S3(=O)=O)c2Cl)CC1. The molecule has 0 bridgehead atoms. The number of rotatable bonds is 3. The number of aliphatic hydroxyl groups excluding tert-OH is 1. The van der Waals surface area contributed by atoms with Crippen LogP contribution in [0.4, 0.5) is 5.69 Å². The fourth-order valence-corrected chi connectivity index (χ4v) is 5.90. The molecule has 0 radical (unpaired) electrons. The standard InChI is InChI=1S/C21H20Cl2N2O4S/c1-20(2)12-5-4-10-24-15(12)17(26)18(30(20,28)29)11-6-7-13(22)16(14(11)23)25-19(27)21(3)8-9-21/h4-7,10,26H,8-9H2,1-3H3,(H,25,27). The van der Waals surface area contributed by atoms with Crippen molar-refractivity contribution in [3.63, 3.8) is 0 Å². The van der Waals surface area contributed by atoms with Gasteiger partial charge in [0.2, 0.25) is 5.91 Å². The number of nitrogens with zero attached hydrogens (tertiary/aromatic N) is 1. The highest BCUT2D eigenvalue weighted by Gasteiger charge is 2.48. The molecule has 0 spiro atoms. The predicted octanol–water partition coefficient (Wildman–Crippen LogP) is 5.17. The Morgan fingerprint density at radius 2 is 1.83 bits per heavy atom. The molecule has 1 amide bonds. The normalized spacial score (nSPS) is 20.4. The van der Waals surface area contributed by atoms with E-state index >= 15 is 0 Å². The van der Waals surface area contributed by atoms with Crippen molar-refractivity contribution in [3.8, 4) is 0 Å². The minimum Gasteiger partial charge on any atom is -0.504 e. The fraction of sp³-hybridized carbons (Fsp3) is 0.333. The van der Waals surface area contributed by atoms with Gasteiger partial charge in [-0.05, 0) is 38.8 Å². The smallest absolute Gasteiger partial charge is 0.230 e. The molecule has 2 aromatic rings. The van der Waals surface area contributed by atoms with Gasteiger partial charge >= 0.3 is 0 Å². The van der Waals surface area contributed by atoms with Gasteiger partial charge in [0.25, 0.3) is 0 Å². The summed E-state index contributed by atoms with van der Waals surface area (Å²) in [7, 11) is -4.06. The topological polar surface area (TPSA) is 96.4 Å². The molecule has 1 fully saturated rings. The molecule has 4 rings (SSSR count). The van der Waals surface area contributed by atoms with Gasteiger partial charge in [0.15, 0.2) is 15.6 Å². The zero-order chi connectivity index (χ0) is 22.1.